The maximum atomic E-state index is 11.9. The zero-order valence-electron chi connectivity index (χ0n) is 13.8. The van der Waals surface area contributed by atoms with Crippen molar-refractivity contribution in [2.45, 2.75) is 27.2 Å². The fourth-order valence-electron chi connectivity index (χ4n) is 2.25. The van der Waals surface area contributed by atoms with Gasteiger partial charge < -0.3 is 14.3 Å². The summed E-state index contributed by atoms with van der Waals surface area (Å²) >= 11 is 0. The summed E-state index contributed by atoms with van der Waals surface area (Å²) in [4.78, 5) is 27.6. The van der Waals surface area contributed by atoms with Gasteiger partial charge in [0.15, 0.2) is 0 Å². The van der Waals surface area contributed by atoms with Gasteiger partial charge in [-0.15, -0.1) is 0 Å². The summed E-state index contributed by atoms with van der Waals surface area (Å²) in [6.07, 6.45) is 0.194. The Kier molecular flexibility index (Phi) is 5.52. The van der Waals surface area contributed by atoms with E-state index in [4.69, 9.17) is 9.15 Å². The van der Waals surface area contributed by atoms with Gasteiger partial charge in [0.2, 0.25) is 0 Å². The Morgan fingerprint density at radius 2 is 1.96 bits per heavy atom. The van der Waals surface area contributed by atoms with Gasteiger partial charge in [0.25, 0.3) is 0 Å². The second-order valence-electron chi connectivity index (χ2n) is 5.25. The highest BCUT2D eigenvalue weighted by Crippen LogP contribution is 2.19. The first-order valence-corrected chi connectivity index (χ1v) is 7.54. The van der Waals surface area contributed by atoms with Gasteiger partial charge in [0.1, 0.15) is 17.1 Å². The molecular formula is C18H19NO5. The molecule has 0 amide bonds. The molecule has 0 atom stereocenters. The molecule has 0 fully saturated rings. The molecule has 0 saturated heterocycles. The summed E-state index contributed by atoms with van der Waals surface area (Å²) in [7, 11) is 0. The normalized spacial score (nSPS) is 11.4. The highest BCUT2D eigenvalue weighted by atomic mass is 16.5. The highest BCUT2D eigenvalue weighted by Gasteiger charge is 2.13. The third-order valence-electron chi connectivity index (χ3n) is 3.30. The summed E-state index contributed by atoms with van der Waals surface area (Å²) in [5.74, 6) is -0.117. The minimum absolute atomic E-state index is 0.0381. The Hall–Kier alpha value is -2.89. The number of aliphatic imine (C=N–C) groups is 1. The number of rotatable bonds is 5. The number of hydrogen-bond donors (Lipinski definition) is 1. The molecular weight excluding hydrogens is 310 g/mol. The molecule has 24 heavy (non-hydrogen) atoms. The van der Waals surface area contributed by atoms with Crippen LogP contribution >= 0.6 is 0 Å². The second kappa shape index (κ2) is 7.59. The van der Waals surface area contributed by atoms with E-state index in [1.807, 2.05) is 0 Å². The molecule has 6 heteroatoms. The second-order valence-corrected chi connectivity index (χ2v) is 5.25. The number of aryl methyl sites for hydroxylation is 1. The number of carbonyl (C=O) groups excluding carboxylic acids is 1. The van der Waals surface area contributed by atoms with Crippen LogP contribution in [0.15, 0.2) is 44.5 Å². The summed E-state index contributed by atoms with van der Waals surface area (Å²) in [5, 5.41) is 9.92. The molecule has 1 N–H and O–H groups in total. The van der Waals surface area contributed by atoms with Crippen molar-refractivity contribution in [1.82, 2.24) is 0 Å². The van der Waals surface area contributed by atoms with Crippen molar-refractivity contribution in [2.24, 2.45) is 4.99 Å². The van der Waals surface area contributed by atoms with Crippen LogP contribution in [0.5, 0.6) is 5.75 Å². The molecule has 0 unspecified atom stereocenters. The fourth-order valence-corrected chi connectivity index (χ4v) is 2.25. The van der Waals surface area contributed by atoms with Gasteiger partial charge in [-0.2, -0.15) is 0 Å². The number of aromatic hydroxyl groups is 1. The lowest BCUT2D eigenvalue weighted by molar-refractivity contribution is -0.142. The van der Waals surface area contributed by atoms with E-state index in [-0.39, 0.29) is 23.7 Å². The molecule has 0 aliphatic carbocycles. The Bertz CT molecular complexity index is 818. The molecule has 0 saturated carbocycles. The predicted molar refractivity (Wildman–Crippen MR) is 90.0 cm³/mol. The van der Waals surface area contributed by atoms with Crippen LogP contribution in [0.2, 0.25) is 0 Å². The van der Waals surface area contributed by atoms with Gasteiger partial charge in [-0.3, -0.25) is 9.79 Å². The highest BCUT2D eigenvalue weighted by molar-refractivity contribution is 6.01. The van der Waals surface area contributed by atoms with Gasteiger partial charge in [0, 0.05) is 6.07 Å². The number of carbonyl (C=O) groups is 1. The van der Waals surface area contributed by atoms with Crippen LogP contribution in [0.3, 0.4) is 0 Å². The zero-order valence-corrected chi connectivity index (χ0v) is 13.8. The van der Waals surface area contributed by atoms with Crippen molar-refractivity contribution in [1.29, 1.82) is 0 Å². The van der Waals surface area contributed by atoms with Crippen molar-refractivity contribution in [3.8, 4) is 5.75 Å². The van der Waals surface area contributed by atoms with Crippen LogP contribution in [0, 0.1) is 6.92 Å². The topological polar surface area (TPSA) is 89.1 Å². The van der Waals surface area contributed by atoms with Gasteiger partial charge >= 0.3 is 11.6 Å². The van der Waals surface area contributed by atoms with Crippen LogP contribution in [0.4, 0.5) is 5.69 Å². The van der Waals surface area contributed by atoms with E-state index in [1.165, 1.54) is 6.07 Å². The molecule has 2 rings (SSSR count). The smallest absolute Gasteiger partial charge is 0.348 e. The molecule has 2 aromatic rings. The van der Waals surface area contributed by atoms with E-state index in [0.29, 0.717) is 23.8 Å². The number of benzene rings is 1. The van der Waals surface area contributed by atoms with Crippen molar-refractivity contribution in [2.75, 3.05) is 6.61 Å². The molecule has 6 nitrogen and oxygen atoms in total. The van der Waals surface area contributed by atoms with E-state index >= 15 is 0 Å². The van der Waals surface area contributed by atoms with E-state index in [2.05, 4.69) is 4.99 Å². The first-order valence-electron chi connectivity index (χ1n) is 7.54. The standard InChI is InChI=1S/C18H19NO5/c1-4-23-16(21)10-13-5-7-14(8-6-13)19-12(3)17-15(20)9-11(2)24-18(17)22/h5-9,20H,4,10H2,1-3H3. The van der Waals surface area contributed by atoms with Gasteiger partial charge in [0.05, 0.1) is 24.4 Å². The van der Waals surface area contributed by atoms with Crippen molar-refractivity contribution in [3.05, 3.63) is 57.6 Å². The Morgan fingerprint density at radius 3 is 2.54 bits per heavy atom. The van der Waals surface area contributed by atoms with Crippen LogP contribution in [0.25, 0.3) is 0 Å². The number of esters is 1. The van der Waals surface area contributed by atoms with Gasteiger partial charge in [-0.05, 0) is 38.5 Å². The summed E-state index contributed by atoms with van der Waals surface area (Å²) < 4.78 is 9.88. The zero-order chi connectivity index (χ0) is 17.7. The lowest BCUT2D eigenvalue weighted by Gasteiger charge is -2.05. The maximum Gasteiger partial charge on any atom is 0.348 e. The monoisotopic (exact) mass is 329 g/mol. The van der Waals surface area contributed by atoms with E-state index in [0.717, 1.165) is 5.56 Å². The molecule has 0 aliphatic heterocycles. The van der Waals surface area contributed by atoms with E-state index in [1.54, 1.807) is 45.0 Å². The predicted octanol–water partition coefficient (Wildman–Crippen LogP) is 2.90. The minimum atomic E-state index is -0.632. The van der Waals surface area contributed by atoms with Crippen molar-refractivity contribution >= 4 is 17.4 Å². The summed E-state index contributed by atoms with van der Waals surface area (Å²) in [6, 6.07) is 8.36. The largest absolute Gasteiger partial charge is 0.507 e. The summed E-state index contributed by atoms with van der Waals surface area (Å²) in [5.41, 5.74) is 1.16. The molecule has 1 aromatic carbocycles. The number of nitrogens with zero attached hydrogens (tertiary/aromatic N) is 1. The fraction of sp³-hybridized carbons (Fsp3) is 0.278. The lowest BCUT2D eigenvalue weighted by atomic mass is 10.1. The van der Waals surface area contributed by atoms with E-state index in [9.17, 15) is 14.7 Å². The molecule has 0 bridgehead atoms. The molecule has 1 heterocycles. The summed E-state index contributed by atoms with van der Waals surface area (Å²) in [6.45, 7) is 5.31. The Labute approximate surface area is 139 Å². The first kappa shape index (κ1) is 17.5. The van der Waals surface area contributed by atoms with Crippen LogP contribution in [-0.2, 0) is 16.0 Å². The van der Waals surface area contributed by atoms with Crippen molar-refractivity contribution < 1.29 is 19.1 Å². The van der Waals surface area contributed by atoms with Gasteiger partial charge in [-0.1, -0.05) is 12.1 Å². The number of hydrogen-bond acceptors (Lipinski definition) is 6. The maximum absolute atomic E-state index is 11.9. The van der Waals surface area contributed by atoms with Gasteiger partial charge in [-0.25, -0.2) is 4.79 Å². The molecule has 0 radical (unpaired) electrons. The average Bonchev–Trinajstić information content (AvgIpc) is 2.48. The molecule has 1 aromatic heterocycles. The van der Waals surface area contributed by atoms with Crippen molar-refractivity contribution in [3.63, 3.8) is 0 Å². The Morgan fingerprint density at radius 1 is 1.29 bits per heavy atom. The third kappa shape index (κ3) is 4.32. The number of ether oxygens (including phenoxy) is 1. The molecule has 0 spiro atoms. The quantitative estimate of drug-likeness (QED) is 0.673. The molecule has 126 valence electrons. The lowest BCUT2D eigenvalue weighted by Crippen LogP contribution is -2.12. The first-order chi connectivity index (χ1) is 11.4. The Balaban J connectivity index is 2.22. The third-order valence-corrected chi connectivity index (χ3v) is 3.30. The van der Waals surface area contributed by atoms with Crippen LogP contribution in [-0.4, -0.2) is 23.4 Å². The average molecular weight is 329 g/mol. The van der Waals surface area contributed by atoms with Crippen LogP contribution < -0.4 is 5.63 Å². The van der Waals surface area contributed by atoms with E-state index < -0.39 is 5.63 Å². The SMILES string of the molecule is CCOC(=O)Cc1ccc(N=C(C)c2c(O)cc(C)oc2=O)cc1. The minimum Gasteiger partial charge on any atom is -0.507 e. The van der Waals surface area contributed by atoms with Crippen LogP contribution in [0.1, 0.15) is 30.7 Å². The molecule has 0 aliphatic rings.